The second-order valence-electron chi connectivity index (χ2n) is 9.70. The van der Waals surface area contributed by atoms with Gasteiger partial charge in [-0.05, 0) is 56.2 Å². The van der Waals surface area contributed by atoms with Crippen LogP contribution in [0.1, 0.15) is 55.1 Å². The van der Waals surface area contributed by atoms with Crippen molar-refractivity contribution in [1.82, 2.24) is 19.3 Å². The molecule has 9 heteroatoms. The third-order valence-corrected chi connectivity index (χ3v) is 7.02. The second kappa shape index (κ2) is 10.8. The van der Waals surface area contributed by atoms with E-state index in [-0.39, 0.29) is 18.2 Å². The quantitative estimate of drug-likeness (QED) is 0.162. The number of fused-ring (bicyclic) bond motifs is 2. The van der Waals surface area contributed by atoms with Gasteiger partial charge in [0.1, 0.15) is 17.1 Å². The van der Waals surface area contributed by atoms with Crippen molar-refractivity contribution >= 4 is 39.6 Å². The van der Waals surface area contributed by atoms with Crippen molar-refractivity contribution in [3.63, 3.8) is 0 Å². The minimum absolute atomic E-state index is 0.102. The summed E-state index contributed by atoms with van der Waals surface area (Å²) in [4.78, 5) is 33.5. The minimum atomic E-state index is -0.507. The average Bonchev–Trinajstić information content (AvgIpc) is 3.61. The minimum Gasteiger partial charge on any atom is -0.450 e. The molecule has 5 rings (SSSR count). The van der Waals surface area contributed by atoms with Crippen LogP contribution in [0, 0.1) is 6.92 Å². The Morgan fingerprint density at radius 1 is 1.05 bits per heavy atom. The van der Waals surface area contributed by atoms with Crippen molar-refractivity contribution < 1.29 is 18.7 Å². The molecule has 0 aliphatic heterocycles. The maximum absolute atomic E-state index is 14.0. The lowest BCUT2D eigenvalue weighted by Gasteiger charge is -2.22. The van der Waals surface area contributed by atoms with Crippen molar-refractivity contribution in [1.29, 1.82) is 0 Å². The molecular formula is C30H33N5O4. The van der Waals surface area contributed by atoms with E-state index in [4.69, 9.17) is 9.15 Å². The summed E-state index contributed by atoms with van der Waals surface area (Å²) in [5, 5.41) is 4.95. The number of ketones is 1. The van der Waals surface area contributed by atoms with Gasteiger partial charge in [0.25, 0.3) is 0 Å². The predicted octanol–water partition coefficient (Wildman–Crippen LogP) is 6.41. The molecule has 3 heterocycles. The normalized spacial score (nSPS) is 11.4. The highest BCUT2D eigenvalue weighted by Gasteiger charge is 2.30. The number of rotatable bonds is 9. The third kappa shape index (κ3) is 4.92. The van der Waals surface area contributed by atoms with Crippen molar-refractivity contribution in [3.8, 4) is 11.1 Å². The Balaban J connectivity index is 1.69. The Morgan fingerprint density at radius 3 is 2.59 bits per heavy atom. The number of carbonyl (C=O) groups is 2. The van der Waals surface area contributed by atoms with E-state index in [9.17, 15) is 9.59 Å². The van der Waals surface area contributed by atoms with Gasteiger partial charge in [-0.3, -0.25) is 14.4 Å². The van der Waals surface area contributed by atoms with Gasteiger partial charge in [0.15, 0.2) is 5.76 Å². The number of nitrogens with zero attached hydrogens (tertiary/aromatic N) is 5. The summed E-state index contributed by atoms with van der Waals surface area (Å²) >= 11 is 0. The zero-order valence-electron chi connectivity index (χ0n) is 23.0. The highest BCUT2D eigenvalue weighted by molar-refractivity contribution is 6.18. The standard InChI is InChI=1S/C30H33N5O4/c1-6-8-9-14-35(30(37)38-7-2)27-23-15-20(22-17-31-33(4)18-22)11-13-26(23)39-29(27)28(36)21-10-12-25-24(16-21)32-19(3)34(25)5/h10-13,15-18H,6-9,14H2,1-5H3. The van der Waals surface area contributed by atoms with Crippen LogP contribution in [-0.2, 0) is 18.8 Å². The molecule has 9 nitrogen and oxygen atoms in total. The van der Waals surface area contributed by atoms with E-state index in [1.165, 1.54) is 0 Å². The maximum atomic E-state index is 14.0. The summed E-state index contributed by atoms with van der Waals surface area (Å²) in [5.41, 5.74) is 4.85. The Hall–Kier alpha value is -4.40. The Morgan fingerprint density at radius 2 is 1.87 bits per heavy atom. The number of ether oxygens (including phenoxy) is 1. The second-order valence-corrected chi connectivity index (χ2v) is 9.70. The molecule has 0 aliphatic rings. The monoisotopic (exact) mass is 527 g/mol. The number of carbonyl (C=O) groups excluding carboxylic acids is 2. The molecule has 0 radical (unpaired) electrons. The van der Waals surface area contributed by atoms with E-state index in [0.29, 0.717) is 28.8 Å². The van der Waals surface area contributed by atoms with Gasteiger partial charge >= 0.3 is 6.09 Å². The Bertz CT molecular complexity index is 1680. The zero-order chi connectivity index (χ0) is 27.7. The van der Waals surface area contributed by atoms with Crippen molar-refractivity contribution in [2.45, 2.75) is 40.0 Å². The van der Waals surface area contributed by atoms with Crippen molar-refractivity contribution in [3.05, 3.63) is 65.9 Å². The summed E-state index contributed by atoms with van der Waals surface area (Å²) in [6.45, 7) is 6.42. The first-order chi connectivity index (χ1) is 18.8. The predicted molar refractivity (Wildman–Crippen MR) is 151 cm³/mol. The number of hydrogen-bond donors (Lipinski definition) is 0. The molecule has 1 amide bonds. The topological polar surface area (TPSA) is 95.4 Å². The van der Waals surface area contributed by atoms with Crippen LogP contribution in [0.4, 0.5) is 10.5 Å². The Labute approximate surface area is 227 Å². The molecule has 0 atom stereocenters. The van der Waals surface area contributed by atoms with Crippen LogP contribution in [0.15, 0.2) is 53.2 Å². The number of amides is 1. The van der Waals surface area contributed by atoms with Gasteiger partial charge in [0.05, 0.1) is 23.8 Å². The first-order valence-electron chi connectivity index (χ1n) is 13.3. The van der Waals surface area contributed by atoms with Crippen LogP contribution < -0.4 is 4.90 Å². The van der Waals surface area contributed by atoms with E-state index in [2.05, 4.69) is 17.0 Å². The van der Waals surface area contributed by atoms with E-state index in [1.54, 1.807) is 34.8 Å². The molecule has 3 aromatic heterocycles. The molecule has 0 saturated heterocycles. The van der Waals surface area contributed by atoms with Gasteiger partial charge in [-0.2, -0.15) is 5.10 Å². The summed E-state index contributed by atoms with van der Waals surface area (Å²) in [7, 11) is 3.80. The molecule has 39 heavy (non-hydrogen) atoms. The van der Waals surface area contributed by atoms with Gasteiger partial charge in [0.2, 0.25) is 5.78 Å². The van der Waals surface area contributed by atoms with Crippen LogP contribution in [0.3, 0.4) is 0 Å². The summed E-state index contributed by atoms with van der Waals surface area (Å²) in [6, 6.07) is 11.1. The Kier molecular flexibility index (Phi) is 7.24. The van der Waals surface area contributed by atoms with Gasteiger partial charge in [-0.15, -0.1) is 0 Å². The fraction of sp³-hybridized carbons (Fsp3) is 0.333. The van der Waals surface area contributed by atoms with Crippen molar-refractivity contribution in [2.75, 3.05) is 18.1 Å². The first-order valence-corrected chi connectivity index (χ1v) is 13.3. The van der Waals surface area contributed by atoms with E-state index < -0.39 is 6.09 Å². The van der Waals surface area contributed by atoms with Gasteiger partial charge in [0, 0.05) is 43.4 Å². The van der Waals surface area contributed by atoms with Crippen LogP contribution in [0.5, 0.6) is 0 Å². The van der Waals surface area contributed by atoms with Gasteiger partial charge in [-0.25, -0.2) is 9.78 Å². The van der Waals surface area contributed by atoms with Crippen LogP contribution in [-0.4, -0.2) is 44.4 Å². The van der Waals surface area contributed by atoms with E-state index in [0.717, 1.165) is 47.2 Å². The van der Waals surface area contributed by atoms with Crippen LogP contribution in [0.25, 0.3) is 33.1 Å². The first kappa shape index (κ1) is 26.2. The molecular weight excluding hydrogens is 494 g/mol. The molecule has 0 unspecified atom stereocenters. The summed E-state index contributed by atoms with van der Waals surface area (Å²) < 4.78 is 15.4. The third-order valence-electron chi connectivity index (χ3n) is 7.02. The molecule has 0 N–H and O–H groups in total. The molecule has 2 aromatic carbocycles. The molecule has 0 spiro atoms. The van der Waals surface area contributed by atoms with E-state index in [1.807, 2.05) is 56.0 Å². The van der Waals surface area contributed by atoms with Crippen molar-refractivity contribution in [2.24, 2.45) is 14.1 Å². The number of unbranched alkanes of at least 4 members (excludes halogenated alkanes) is 2. The number of aromatic nitrogens is 4. The zero-order valence-corrected chi connectivity index (χ0v) is 23.0. The average molecular weight is 528 g/mol. The fourth-order valence-corrected chi connectivity index (χ4v) is 4.86. The molecule has 202 valence electrons. The largest absolute Gasteiger partial charge is 0.450 e. The lowest BCUT2D eigenvalue weighted by Crippen LogP contribution is -2.33. The van der Waals surface area contributed by atoms with Crippen LogP contribution >= 0.6 is 0 Å². The number of aryl methyl sites for hydroxylation is 3. The van der Waals surface area contributed by atoms with E-state index >= 15 is 0 Å². The number of imidazole rings is 1. The molecule has 0 aliphatic carbocycles. The molecule has 5 aromatic rings. The fourth-order valence-electron chi connectivity index (χ4n) is 4.86. The number of anilines is 1. The molecule has 0 bridgehead atoms. The smallest absolute Gasteiger partial charge is 0.414 e. The molecule has 0 fully saturated rings. The van der Waals surface area contributed by atoms with Gasteiger partial charge < -0.3 is 13.7 Å². The number of furan rings is 1. The highest BCUT2D eigenvalue weighted by Crippen LogP contribution is 2.38. The molecule has 0 saturated carbocycles. The maximum Gasteiger partial charge on any atom is 0.414 e. The highest BCUT2D eigenvalue weighted by atomic mass is 16.6. The summed E-state index contributed by atoms with van der Waals surface area (Å²) in [6.07, 6.45) is 5.88. The lowest BCUT2D eigenvalue weighted by atomic mass is 10.0. The number of hydrogen-bond acceptors (Lipinski definition) is 6. The lowest BCUT2D eigenvalue weighted by molar-refractivity contribution is 0.101. The SMILES string of the molecule is CCCCCN(C(=O)OCC)c1c(C(=O)c2ccc3c(c2)nc(C)n3C)oc2ccc(-c3cnn(C)c3)cc12. The van der Waals surface area contributed by atoms with Gasteiger partial charge in [-0.1, -0.05) is 25.8 Å². The number of benzene rings is 2. The van der Waals surface area contributed by atoms with Crippen LogP contribution in [0.2, 0.25) is 0 Å². The summed E-state index contributed by atoms with van der Waals surface area (Å²) in [5.74, 6) is 0.635.